The van der Waals surface area contributed by atoms with E-state index in [0.717, 1.165) is 22.1 Å². The van der Waals surface area contributed by atoms with Crippen molar-refractivity contribution in [2.24, 2.45) is 5.92 Å². The van der Waals surface area contributed by atoms with Crippen LogP contribution in [0.1, 0.15) is 29.5 Å². The maximum atomic E-state index is 12.5. The van der Waals surface area contributed by atoms with E-state index in [4.69, 9.17) is 0 Å². The smallest absolute Gasteiger partial charge is 0.406 e. The van der Waals surface area contributed by atoms with Gasteiger partial charge < -0.3 is 10.1 Å². The van der Waals surface area contributed by atoms with Crippen LogP contribution in [0, 0.1) is 5.92 Å². The van der Waals surface area contributed by atoms with E-state index < -0.39 is 6.36 Å². The van der Waals surface area contributed by atoms with Gasteiger partial charge in [-0.15, -0.1) is 13.2 Å². The third-order valence-corrected chi connectivity index (χ3v) is 5.33. The summed E-state index contributed by atoms with van der Waals surface area (Å²) in [7, 11) is 0. The number of hydrogen-bond donors (Lipinski definition) is 1. The molecular formula is C19H15BrF3NO. The van der Waals surface area contributed by atoms with Gasteiger partial charge in [0.2, 0.25) is 0 Å². The quantitative estimate of drug-likeness (QED) is 0.598. The Balaban J connectivity index is 1.70. The number of halogens is 4. The zero-order valence-corrected chi connectivity index (χ0v) is 14.6. The van der Waals surface area contributed by atoms with Gasteiger partial charge in [-0.1, -0.05) is 40.2 Å². The number of anilines is 1. The molecule has 0 saturated carbocycles. The zero-order valence-electron chi connectivity index (χ0n) is 13.1. The zero-order chi connectivity index (χ0) is 17.6. The molecule has 1 N–H and O–H groups in total. The number of nitrogens with one attached hydrogen (secondary N) is 1. The summed E-state index contributed by atoms with van der Waals surface area (Å²) in [5.74, 6) is 0.186. The summed E-state index contributed by atoms with van der Waals surface area (Å²) in [5.41, 5.74) is 2.88. The van der Waals surface area contributed by atoms with E-state index in [1.807, 2.05) is 12.1 Å². The van der Waals surface area contributed by atoms with E-state index >= 15 is 0 Å². The van der Waals surface area contributed by atoms with E-state index in [2.05, 4.69) is 50.3 Å². The number of fused-ring (bicyclic) bond motifs is 3. The molecular weight excluding hydrogens is 395 g/mol. The van der Waals surface area contributed by atoms with E-state index in [0.29, 0.717) is 0 Å². The van der Waals surface area contributed by atoms with E-state index in [-0.39, 0.29) is 23.6 Å². The molecule has 3 atom stereocenters. The minimum atomic E-state index is -4.68. The molecule has 2 aromatic carbocycles. The highest BCUT2D eigenvalue weighted by Gasteiger charge is 2.38. The fraction of sp³-hybridized carbons (Fsp3) is 0.263. The van der Waals surface area contributed by atoms with Gasteiger partial charge in [-0.25, -0.2) is 0 Å². The molecule has 0 bridgehead atoms. The van der Waals surface area contributed by atoms with Gasteiger partial charge in [0.25, 0.3) is 0 Å². The summed E-state index contributed by atoms with van der Waals surface area (Å²) >= 11 is 3.44. The van der Waals surface area contributed by atoms with Crippen LogP contribution in [0.25, 0.3) is 0 Å². The van der Waals surface area contributed by atoms with Crippen molar-refractivity contribution in [3.05, 3.63) is 70.2 Å². The number of benzene rings is 2. The molecule has 0 radical (unpaired) electrons. The highest BCUT2D eigenvalue weighted by atomic mass is 79.9. The Kier molecular flexibility index (Phi) is 4.02. The van der Waals surface area contributed by atoms with Crippen molar-refractivity contribution in [3.63, 3.8) is 0 Å². The van der Waals surface area contributed by atoms with Gasteiger partial charge in [-0.3, -0.25) is 0 Å². The van der Waals surface area contributed by atoms with Crippen LogP contribution in [0.5, 0.6) is 5.75 Å². The molecule has 6 heteroatoms. The fourth-order valence-electron chi connectivity index (χ4n) is 3.77. The number of allylic oxidation sites excluding steroid dienone is 2. The SMILES string of the molecule is FC(F)(F)Oc1ccc2c(c1)[C@H]1C=CC[C@@H]1[C@@H](c1ccc(Br)cc1)N2. The first-order valence-corrected chi connectivity index (χ1v) is 8.78. The second kappa shape index (κ2) is 6.09. The summed E-state index contributed by atoms with van der Waals surface area (Å²) in [6.07, 6.45) is 0.409. The van der Waals surface area contributed by atoms with Crippen LogP contribution in [0.15, 0.2) is 59.1 Å². The van der Waals surface area contributed by atoms with Gasteiger partial charge >= 0.3 is 6.36 Å². The summed E-state index contributed by atoms with van der Waals surface area (Å²) in [6.45, 7) is 0. The van der Waals surface area contributed by atoms with E-state index in [1.165, 1.54) is 17.7 Å². The molecule has 2 aromatic rings. The Morgan fingerprint density at radius 3 is 2.56 bits per heavy atom. The molecule has 2 aliphatic rings. The predicted octanol–water partition coefficient (Wildman–Crippen LogP) is 6.17. The average molecular weight is 410 g/mol. The maximum absolute atomic E-state index is 12.5. The van der Waals surface area contributed by atoms with E-state index in [9.17, 15) is 13.2 Å². The molecule has 0 saturated heterocycles. The number of hydrogen-bond acceptors (Lipinski definition) is 2. The largest absolute Gasteiger partial charge is 0.573 e. The third-order valence-electron chi connectivity index (χ3n) is 4.80. The monoisotopic (exact) mass is 409 g/mol. The normalized spacial score (nSPS) is 24.4. The topological polar surface area (TPSA) is 21.3 Å². The first-order valence-electron chi connectivity index (χ1n) is 7.99. The van der Waals surface area contributed by atoms with Crippen LogP contribution in [0.4, 0.5) is 18.9 Å². The van der Waals surface area contributed by atoms with Crippen LogP contribution in [0.3, 0.4) is 0 Å². The lowest BCUT2D eigenvalue weighted by Crippen LogP contribution is -2.29. The third kappa shape index (κ3) is 3.27. The second-order valence-electron chi connectivity index (χ2n) is 6.32. The van der Waals surface area contributed by atoms with Crippen molar-refractivity contribution in [2.75, 3.05) is 5.32 Å². The average Bonchev–Trinajstić information content (AvgIpc) is 3.03. The van der Waals surface area contributed by atoms with Crippen molar-refractivity contribution in [2.45, 2.75) is 24.7 Å². The van der Waals surface area contributed by atoms with Crippen molar-refractivity contribution in [3.8, 4) is 5.75 Å². The molecule has 1 heterocycles. The predicted molar refractivity (Wildman–Crippen MR) is 93.6 cm³/mol. The standard InChI is InChI=1S/C19H15BrF3NO/c20-12-6-4-11(5-7-12)18-15-3-1-2-14(15)16-10-13(25-19(21,22)23)8-9-17(16)24-18/h1-2,4-10,14-15,18,24H,3H2/t14-,15-,18+/m0/s1. The van der Waals surface area contributed by atoms with E-state index in [1.54, 1.807) is 6.07 Å². The molecule has 0 unspecified atom stereocenters. The number of alkyl halides is 3. The molecule has 0 aromatic heterocycles. The highest BCUT2D eigenvalue weighted by Crippen LogP contribution is 2.50. The summed E-state index contributed by atoms with van der Waals surface area (Å²) in [4.78, 5) is 0. The Bertz CT molecular complexity index is 816. The minimum absolute atomic E-state index is 0.0849. The molecule has 1 aliphatic carbocycles. The Hall–Kier alpha value is -1.95. The van der Waals surface area contributed by atoms with Crippen molar-refractivity contribution < 1.29 is 17.9 Å². The lowest BCUT2D eigenvalue weighted by atomic mass is 9.77. The lowest BCUT2D eigenvalue weighted by Gasteiger charge is -2.37. The van der Waals surface area contributed by atoms with Gasteiger partial charge in [0.15, 0.2) is 0 Å². The minimum Gasteiger partial charge on any atom is -0.406 e. The first kappa shape index (κ1) is 16.5. The molecule has 2 nitrogen and oxygen atoms in total. The number of ether oxygens (including phenoxy) is 1. The molecule has 0 amide bonds. The number of rotatable bonds is 2. The summed E-state index contributed by atoms with van der Waals surface area (Å²) in [6, 6.07) is 12.8. The molecule has 130 valence electrons. The van der Waals surface area contributed by atoms with Gasteiger partial charge in [0.1, 0.15) is 5.75 Å². The molecule has 0 fully saturated rings. The Labute approximate surface area is 151 Å². The summed E-state index contributed by atoms with van der Waals surface area (Å²) < 4.78 is 42.6. The van der Waals surface area contributed by atoms with Crippen LogP contribution in [-0.2, 0) is 0 Å². The molecule has 1 aliphatic heterocycles. The van der Waals surface area contributed by atoms with Gasteiger partial charge in [-0.05, 0) is 53.8 Å². The first-order chi connectivity index (χ1) is 11.9. The fourth-order valence-corrected chi connectivity index (χ4v) is 4.03. The van der Waals surface area contributed by atoms with Crippen LogP contribution in [0.2, 0.25) is 0 Å². The van der Waals surface area contributed by atoms with Crippen LogP contribution < -0.4 is 10.1 Å². The van der Waals surface area contributed by atoms with Crippen molar-refractivity contribution in [1.29, 1.82) is 0 Å². The Morgan fingerprint density at radius 1 is 1.08 bits per heavy atom. The van der Waals surface area contributed by atoms with Crippen molar-refractivity contribution >= 4 is 21.6 Å². The van der Waals surface area contributed by atoms with Gasteiger partial charge in [0.05, 0.1) is 6.04 Å². The molecule has 4 rings (SSSR count). The van der Waals surface area contributed by atoms with Gasteiger partial charge in [-0.2, -0.15) is 0 Å². The van der Waals surface area contributed by atoms with Gasteiger partial charge in [0, 0.05) is 16.1 Å². The maximum Gasteiger partial charge on any atom is 0.573 e. The Morgan fingerprint density at radius 2 is 1.84 bits per heavy atom. The summed E-state index contributed by atoms with van der Waals surface area (Å²) in [5, 5.41) is 3.50. The van der Waals surface area contributed by atoms with Crippen LogP contribution >= 0.6 is 15.9 Å². The second-order valence-corrected chi connectivity index (χ2v) is 7.24. The highest BCUT2D eigenvalue weighted by molar-refractivity contribution is 9.10. The molecule has 0 spiro atoms. The van der Waals surface area contributed by atoms with Crippen molar-refractivity contribution in [1.82, 2.24) is 0 Å². The van der Waals surface area contributed by atoms with Crippen LogP contribution in [-0.4, -0.2) is 6.36 Å². The molecule has 25 heavy (non-hydrogen) atoms. The lowest BCUT2D eigenvalue weighted by molar-refractivity contribution is -0.274.